The van der Waals surface area contributed by atoms with Crippen LogP contribution in [0, 0.1) is 20.8 Å². The second-order valence-corrected chi connectivity index (χ2v) is 15.4. The van der Waals surface area contributed by atoms with E-state index in [2.05, 4.69) is 108 Å². The van der Waals surface area contributed by atoms with Crippen LogP contribution >= 0.6 is 0 Å². The molecule has 61 heavy (non-hydrogen) atoms. The van der Waals surface area contributed by atoms with E-state index in [0.717, 1.165) is 95.3 Å². The van der Waals surface area contributed by atoms with Gasteiger partial charge in [-0.3, -0.25) is 14.1 Å². The number of aryl methyl sites for hydroxylation is 3. The Morgan fingerprint density at radius 3 is 1.44 bits per heavy atom. The van der Waals surface area contributed by atoms with Gasteiger partial charge in [0.1, 0.15) is 34.6 Å². The fourth-order valence-electron chi connectivity index (χ4n) is 8.41. The third-order valence-corrected chi connectivity index (χ3v) is 11.2. The zero-order valence-corrected chi connectivity index (χ0v) is 33.7. The number of aromatic nitrogens is 6. The van der Waals surface area contributed by atoms with Crippen LogP contribution < -0.4 is 9.47 Å². The Bertz CT molecular complexity index is 3490. The molecule has 8 heteroatoms. The van der Waals surface area contributed by atoms with E-state index in [-0.39, 0.29) is 0 Å². The third-order valence-electron chi connectivity index (χ3n) is 11.2. The molecular formula is C53H38N6O2. The van der Waals surface area contributed by atoms with Crippen molar-refractivity contribution in [3.63, 3.8) is 0 Å². The lowest BCUT2D eigenvalue weighted by Gasteiger charge is -2.12. The van der Waals surface area contributed by atoms with Crippen molar-refractivity contribution in [2.75, 3.05) is 0 Å². The highest BCUT2D eigenvalue weighted by Gasteiger charge is 2.17. The molecule has 0 spiro atoms. The average Bonchev–Trinajstić information content (AvgIpc) is 3.78. The SMILES string of the molecule is Cc1ccnc(-n2c3ccccc3c3ccc(Oc4cccc(-c5cnc(-c6cccc(Oc7ccc8c9ccccc9n(-c9cc(C)ccn9)c8c7)c6)c(C)n5)c4)cc32)c1. The van der Waals surface area contributed by atoms with Gasteiger partial charge in [-0.1, -0.05) is 60.7 Å². The summed E-state index contributed by atoms with van der Waals surface area (Å²) in [5.74, 6) is 4.61. The maximum Gasteiger partial charge on any atom is 0.137 e. The molecule has 0 fully saturated rings. The molecule has 0 saturated carbocycles. The topological polar surface area (TPSA) is 79.9 Å². The number of rotatable bonds is 8. The summed E-state index contributed by atoms with van der Waals surface area (Å²) in [5, 5.41) is 4.61. The summed E-state index contributed by atoms with van der Waals surface area (Å²) in [7, 11) is 0. The molecule has 8 nitrogen and oxygen atoms in total. The molecule has 292 valence electrons. The Labute approximate surface area is 352 Å². The smallest absolute Gasteiger partial charge is 0.137 e. The van der Waals surface area contributed by atoms with Crippen LogP contribution in [0.25, 0.3) is 77.8 Å². The van der Waals surface area contributed by atoms with E-state index in [1.807, 2.05) is 98.3 Å². The van der Waals surface area contributed by atoms with Crippen molar-refractivity contribution in [2.24, 2.45) is 0 Å². The van der Waals surface area contributed by atoms with Crippen molar-refractivity contribution < 1.29 is 9.47 Å². The molecule has 0 aliphatic carbocycles. The van der Waals surface area contributed by atoms with E-state index in [0.29, 0.717) is 11.5 Å². The number of benzene rings is 6. The van der Waals surface area contributed by atoms with Crippen LogP contribution in [0.3, 0.4) is 0 Å². The van der Waals surface area contributed by atoms with Crippen LogP contribution in [0.2, 0.25) is 0 Å². The lowest BCUT2D eigenvalue weighted by atomic mass is 10.1. The molecule has 11 rings (SSSR count). The third kappa shape index (κ3) is 6.51. The zero-order valence-electron chi connectivity index (χ0n) is 33.7. The Morgan fingerprint density at radius 2 is 0.902 bits per heavy atom. The number of hydrogen-bond donors (Lipinski definition) is 0. The minimum absolute atomic E-state index is 0.704. The van der Waals surface area contributed by atoms with E-state index < -0.39 is 0 Å². The maximum atomic E-state index is 6.53. The van der Waals surface area contributed by atoms with Crippen LogP contribution in [-0.4, -0.2) is 29.1 Å². The summed E-state index contributed by atoms with van der Waals surface area (Å²) in [6.07, 6.45) is 5.53. The number of para-hydroxylation sites is 2. The van der Waals surface area contributed by atoms with Gasteiger partial charge in [-0.05, 0) is 117 Å². The summed E-state index contributed by atoms with van der Waals surface area (Å²) in [4.78, 5) is 19.4. The van der Waals surface area contributed by atoms with Crippen LogP contribution in [0.4, 0.5) is 0 Å². The molecule has 0 aliphatic heterocycles. The summed E-state index contributed by atoms with van der Waals surface area (Å²) in [5.41, 5.74) is 10.7. The van der Waals surface area contributed by atoms with Gasteiger partial charge in [0.05, 0.1) is 45.3 Å². The summed E-state index contributed by atoms with van der Waals surface area (Å²) in [6, 6.07) is 53.5. The average molecular weight is 791 g/mol. The number of ether oxygens (including phenoxy) is 2. The molecule has 5 aromatic heterocycles. The lowest BCUT2D eigenvalue weighted by Crippen LogP contribution is -1.98. The predicted octanol–water partition coefficient (Wildman–Crippen LogP) is 13.3. The van der Waals surface area contributed by atoms with Crippen molar-refractivity contribution in [3.8, 4) is 57.1 Å². The number of nitrogens with zero attached hydrogens (tertiary/aromatic N) is 6. The molecule has 0 aliphatic rings. The first kappa shape index (κ1) is 36.0. The molecule has 5 heterocycles. The molecule has 0 radical (unpaired) electrons. The minimum Gasteiger partial charge on any atom is -0.457 e. The van der Waals surface area contributed by atoms with E-state index in [1.165, 1.54) is 10.8 Å². The Balaban J connectivity index is 0.866. The molecule has 0 atom stereocenters. The lowest BCUT2D eigenvalue weighted by molar-refractivity contribution is 0.483. The molecule has 0 amide bonds. The van der Waals surface area contributed by atoms with Gasteiger partial charge in [-0.2, -0.15) is 0 Å². The Hall–Kier alpha value is -8.10. The Morgan fingerprint density at radius 1 is 0.410 bits per heavy atom. The van der Waals surface area contributed by atoms with Gasteiger partial charge in [0.2, 0.25) is 0 Å². The van der Waals surface area contributed by atoms with Crippen LogP contribution in [0.15, 0.2) is 176 Å². The van der Waals surface area contributed by atoms with Crippen molar-refractivity contribution in [1.82, 2.24) is 29.1 Å². The quantitative estimate of drug-likeness (QED) is 0.152. The van der Waals surface area contributed by atoms with Crippen LogP contribution in [0.1, 0.15) is 16.8 Å². The second-order valence-electron chi connectivity index (χ2n) is 15.4. The number of fused-ring (bicyclic) bond motifs is 6. The molecule has 6 aromatic carbocycles. The second kappa shape index (κ2) is 14.6. The molecule has 0 bridgehead atoms. The molecular weight excluding hydrogens is 753 g/mol. The summed E-state index contributed by atoms with van der Waals surface area (Å²) < 4.78 is 17.4. The largest absolute Gasteiger partial charge is 0.457 e. The van der Waals surface area contributed by atoms with Gasteiger partial charge in [-0.25, -0.2) is 15.0 Å². The minimum atomic E-state index is 0.704. The van der Waals surface area contributed by atoms with E-state index in [9.17, 15) is 0 Å². The van der Waals surface area contributed by atoms with Gasteiger partial charge in [0.25, 0.3) is 0 Å². The fraction of sp³-hybridized carbons (Fsp3) is 0.0566. The first-order valence-electron chi connectivity index (χ1n) is 20.3. The van der Waals surface area contributed by atoms with Gasteiger partial charge in [0, 0.05) is 57.2 Å². The highest BCUT2D eigenvalue weighted by atomic mass is 16.5. The first-order chi connectivity index (χ1) is 29.9. The van der Waals surface area contributed by atoms with Gasteiger partial charge in [-0.15, -0.1) is 0 Å². The van der Waals surface area contributed by atoms with Gasteiger partial charge < -0.3 is 9.47 Å². The first-order valence-corrected chi connectivity index (χ1v) is 20.3. The van der Waals surface area contributed by atoms with Gasteiger partial charge >= 0.3 is 0 Å². The molecule has 0 saturated heterocycles. The van der Waals surface area contributed by atoms with Crippen molar-refractivity contribution >= 4 is 43.6 Å². The standard InChI is InChI=1S/C53H38N6O2/c1-33-22-24-54-51(26-33)58-47-16-6-4-14-42(47)44-20-18-40(30-49(44)58)60-38-12-8-10-36(28-38)46-32-56-53(35(3)57-46)37-11-9-13-39(29-37)61-41-19-21-45-43-15-5-7-17-48(43)59(50(45)31-41)52-27-34(2)23-25-55-52/h4-32H,1-3H3. The van der Waals surface area contributed by atoms with Crippen LogP contribution in [0.5, 0.6) is 23.0 Å². The molecule has 0 unspecified atom stereocenters. The van der Waals surface area contributed by atoms with Gasteiger partial charge in [0.15, 0.2) is 0 Å². The van der Waals surface area contributed by atoms with Crippen molar-refractivity contribution in [2.45, 2.75) is 20.8 Å². The van der Waals surface area contributed by atoms with Crippen molar-refractivity contribution in [3.05, 3.63) is 193 Å². The predicted molar refractivity (Wildman–Crippen MR) is 244 cm³/mol. The summed E-state index contributed by atoms with van der Waals surface area (Å²) >= 11 is 0. The monoisotopic (exact) mass is 790 g/mol. The van der Waals surface area contributed by atoms with Crippen molar-refractivity contribution in [1.29, 1.82) is 0 Å². The normalized spacial score (nSPS) is 11.5. The molecule has 11 aromatic rings. The number of hydrogen-bond acceptors (Lipinski definition) is 6. The summed E-state index contributed by atoms with van der Waals surface area (Å²) in [6.45, 7) is 6.16. The van der Waals surface area contributed by atoms with E-state index in [1.54, 1.807) is 0 Å². The Kier molecular flexibility index (Phi) is 8.63. The molecule has 0 N–H and O–H groups in total. The number of pyridine rings is 2. The van der Waals surface area contributed by atoms with E-state index >= 15 is 0 Å². The maximum absolute atomic E-state index is 6.53. The zero-order chi connectivity index (χ0) is 41.0. The van der Waals surface area contributed by atoms with E-state index in [4.69, 9.17) is 29.4 Å². The highest BCUT2D eigenvalue weighted by Crippen LogP contribution is 2.38. The van der Waals surface area contributed by atoms with Crippen LogP contribution in [-0.2, 0) is 0 Å². The highest BCUT2D eigenvalue weighted by molar-refractivity contribution is 6.10. The fourth-order valence-corrected chi connectivity index (χ4v) is 8.41.